The molecule has 4 aliphatic carbocycles. The molecule has 13 atom stereocenters. The molecule has 0 bridgehead atoms. The van der Waals surface area contributed by atoms with Crippen molar-refractivity contribution in [1.29, 1.82) is 0 Å². The molecular formula is C38H64O9. The van der Waals surface area contributed by atoms with Crippen LogP contribution in [-0.2, 0) is 23.8 Å². The molecular weight excluding hydrogens is 600 g/mol. The van der Waals surface area contributed by atoms with Crippen LogP contribution in [0.3, 0.4) is 0 Å². The quantitative estimate of drug-likeness (QED) is 0.0906. The molecule has 47 heavy (non-hydrogen) atoms. The van der Waals surface area contributed by atoms with Crippen molar-refractivity contribution in [3.8, 4) is 0 Å². The van der Waals surface area contributed by atoms with E-state index in [-0.39, 0.29) is 70.7 Å². The Balaban J connectivity index is 1.32. The number of aliphatic hydroxyl groups is 2. The number of carbonyl (C=O) groups is 3. The Bertz CT molecular complexity index is 1060. The Morgan fingerprint density at radius 1 is 0.851 bits per heavy atom. The molecule has 0 heterocycles. The molecule has 0 aliphatic heterocycles. The van der Waals surface area contributed by atoms with Crippen molar-refractivity contribution in [2.24, 2.45) is 52.3 Å². The van der Waals surface area contributed by atoms with E-state index in [0.717, 1.165) is 64.2 Å². The lowest BCUT2D eigenvalue weighted by Gasteiger charge is -2.63. The van der Waals surface area contributed by atoms with Gasteiger partial charge in [-0.2, -0.15) is 0 Å². The summed E-state index contributed by atoms with van der Waals surface area (Å²) in [6, 6.07) is 0. The summed E-state index contributed by atoms with van der Waals surface area (Å²) in [6.07, 6.45) is 9.66. The topological polar surface area (TPSA) is 140 Å². The first-order chi connectivity index (χ1) is 22.3. The van der Waals surface area contributed by atoms with Crippen molar-refractivity contribution in [3.63, 3.8) is 0 Å². The molecule has 9 nitrogen and oxygen atoms in total. The fourth-order valence-corrected chi connectivity index (χ4v) is 10.9. The minimum Gasteiger partial charge on any atom is -0.481 e. The van der Waals surface area contributed by atoms with Crippen LogP contribution in [0.15, 0.2) is 0 Å². The highest BCUT2D eigenvalue weighted by atomic mass is 16.8. The highest BCUT2D eigenvalue weighted by molar-refractivity contribution is 5.72. The zero-order valence-corrected chi connectivity index (χ0v) is 30.0. The summed E-state index contributed by atoms with van der Waals surface area (Å²) in [7, 11) is 0. The summed E-state index contributed by atoms with van der Waals surface area (Å²) >= 11 is 0. The average Bonchev–Trinajstić information content (AvgIpc) is 3.36. The molecule has 4 saturated carbocycles. The maximum atomic E-state index is 12.8. The molecule has 4 aliphatic rings. The van der Waals surface area contributed by atoms with Crippen LogP contribution in [0.1, 0.15) is 144 Å². The number of hydrogen-bond acceptors (Lipinski definition) is 8. The van der Waals surface area contributed by atoms with E-state index >= 15 is 0 Å². The molecule has 270 valence electrons. The molecule has 0 aromatic carbocycles. The van der Waals surface area contributed by atoms with Gasteiger partial charge in [0.15, 0.2) is 0 Å². The minimum absolute atomic E-state index is 0.0861. The van der Waals surface area contributed by atoms with Crippen LogP contribution < -0.4 is 0 Å². The van der Waals surface area contributed by atoms with E-state index < -0.39 is 30.6 Å². The van der Waals surface area contributed by atoms with E-state index in [0.29, 0.717) is 32.1 Å². The summed E-state index contributed by atoms with van der Waals surface area (Å²) in [5.41, 5.74) is -0.420. The van der Waals surface area contributed by atoms with Crippen LogP contribution in [0, 0.1) is 52.3 Å². The molecule has 0 spiro atoms. The highest BCUT2D eigenvalue weighted by Crippen LogP contribution is 2.68. The molecule has 0 saturated heterocycles. The van der Waals surface area contributed by atoms with Crippen LogP contribution >= 0.6 is 0 Å². The average molecular weight is 665 g/mol. The molecule has 9 heteroatoms. The van der Waals surface area contributed by atoms with Crippen LogP contribution in [0.2, 0.25) is 0 Å². The first-order valence-electron chi connectivity index (χ1n) is 18.9. The van der Waals surface area contributed by atoms with Gasteiger partial charge in [0.1, 0.15) is 6.10 Å². The Labute approximate surface area is 282 Å². The van der Waals surface area contributed by atoms with Crippen molar-refractivity contribution in [3.05, 3.63) is 0 Å². The lowest BCUT2D eigenvalue weighted by Crippen LogP contribution is -2.62. The van der Waals surface area contributed by atoms with Crippen molar-refractivity contribution in [1.82, 2.24) is 0 Å². The zero-order chi connectivity index (χ0) is 34.5. The van der Waals surface area contributed by atoms with Crippen LogP contribution in [0.25, 0.3) is 0 Å². The van der Waals surface area contributed by atoms with E-state index in [1.165, 1.54) is 0 Å². The predicted octanol–water partition coefficient (Wildman–Crippen LogP) is 7.89. The van der Waals surface area contributed by atoms with Gasteiger partial charge in [-0.05, 0) is 111 Å². The number of aliphatic hydroxyl groups excluding tert-OH is 2. The second-order valence-corrected chi connectivity index (χ2v) is 16.2. The van der Waals surface area contributed by atoms with Crippen molar-refractivity contribution >= 4 is 18.1 Å². The van der Waals surface area contributed by atoms with E-state index in [1.54, 1.807) is 6.92 Å². The molecule has 4 fully saturated rings. The predicted molar refractivity (Wildman–Crippen MR) is 178 cm³/mol. The van der Waals surface area contributed by atoms with E-state index in [4.69, 9.17) is 14.2 Å². The Kier molecular flexibility index (Phi) is 13.1. The number of carboxylic acids is 1. The number of unbranched alkanes of at least 4 members (excludes halogenated alkanes) is 3. The van der Waals surface area contributed by atoms with Gasteiger partial charge in [0, 0.05) is 13.3 Å². The lowest BCUT2D eigenvalue weighted by atomic mass is 9.43. The molecule has 0 radical (unpaired) electrons. The SMILES string of the molecule is CCCCCC[C@@H](CCC)C(=O)OC(C)OC(=O)O[C@@H]1CC[C@@]2(C)[C@@H](C1)C[C@@H](O)[C@@H]1[C@@H]2C[C@H](O)[C@]2(C)[C@@H]([C@H](C)CCC(=O)O)CC[C@@H]12. The summed E-state index contributed by atoms with van der Waals surface area (Å²) < 4.78 is 16.7. The van der Waals surface area contributed by atoms with E-state index in [9.17, 15) is 29.7 Å². The van der Waals surface area contributed by atoms with E-state index in [2.05, 4.69) is 34.6 Å². The third-order valence-electron chi connectivity index (χ3n) is 13.5. The highest BCUT2D eigenvalue weighted by Gasteiger charge is 2.65. The summed E-state index contributed by atoms with van der Waals surface area (Å²) in [6.45, 7) is 12.4. The van der Waals surface area contributed by atoms with Gasteiger partial charge in [0.2, 0.25) is 6.29 Å². The molecule has 3 N–H and O–H groups in total. The number of carbonyl (C=O) groups excluding carboxylic acids is 2. The molecule has 0 aromatic rings. The van der Waals surface area contributed by atoms with Gasteiger partial charge in [-0.25, -0.2) is 4.79 Å². The Morgan fingerprint density at radius 3 is 2.28 bits per heavy atom. The maximum absolute atomic E-state index is 12.8. The standard InChI is InChI=1S/C38H64O9/c1-7-9-10-11-13-25(12-8-2)35(43)45-24(4)46-36(44)47-27-18-19-37(5)26(20-27)21-31(39)34-29-16-15-28(23(3)14-17-33(41)42)38(29,6)32(40)22-30(34)37/h23-32,34,39-40H,7-22H2,1-6H3,(H,41,42)/t23-,24?,25-,26+,27-,28-,29+,30+,31-,32+,34+,37+,38-/m1/s1. The fraction of sp³-hybridized carbons (Fsp3) is 0.921. The number of fused-ring (bicyclic) bond motifs is 5. The lowest BCUT2D eigenvalue weighted by molar-refractivity contribution is -0.208. The van der Waals surface area contributed by atoms with Gasteiger partial charge >= 0.3 is 18.1 Å². The molecule has 0 aromatic heterocycles. The second-order valence-electron chi connectivity index (χ2n) is 16.2. The number of ether oxygens (including phenoxy) is 3. The summed E-state index contributed by atoms with van der Waals surface area (Å²) in [5, 5.41) is 32.7. The number of carboxylic acid groups (broad SMARTS) is 1. The number of esters is 1. The van der Waals surface area contributed by atoms with Crippen molar-refractivity contribution in [2.75, 3.05) is 0 Å². The first kappa shape index (κ1) is 37.9. The number of rotatable bonds is 15. The van der Waals surface area contributed by atoms with Gasteiger partial charge in [-0.3, -0.25) is 9.59 Å². The Morgan fingerprint density at radius 2 is 1.60 bits per heavy atom. The molecule has 1 unspecified atom stereocenters. The smallest absolute Gasteiger partial charge is 0.481 e. The van der Waals surface area contributed by atoms with Crippen LogP contribution in [-0.4, -0.2) is 58.0 Å². The largest absolute Gasteiger partial charge is 0.511 e. The third kappa shape index (κ3) is 8.30. The second kappa shape index (κ2) is 16.2. The summed E-state index contributed by atoms with van der Waals surface area (Å²) in [4.78, 5) is 36.9. The number of hydrogen-bond donors (Lipinski definition) is 3. The molecule has 0 amide bonds. The van der Waals surface area contributed by atoms with Crippen LogP contribution in [0.4, 0.5) is 4.79 Å². The van der Waals surface area contributed by atoms with Gasteiger partial charge in [0.25, 0.3) is 0 Å². The number of aliphatic carboxylic acids is 1. The third-order valence-corrected chi connectivity index (χ3v) is 13.5. The minimum atomic E-state index is -1.03. The van der Waals surface area contributed by atoms with Gasteiger partial charge in [-0.1, -0.05) is 66.7 Å². The zero-order valence-electron chi connectivity index (χ0n) is 30.0. The monoisotopic (exact) mass is 664 g/mol. The van der Waals surface area contributed by atoms with Crippen molar-refractivity contribution < 1.29 is 43.9 Å². The van der Waals surface area contributed by atoms with Gasteiger partial charge in [0.05, 0.1) is 18.1 Å². The fourth-order valence-electron chi connectivity index (χ4n) is 10.9. The maximum Gasteiger partial charge on any atom is 0.511 e. The van der Waals surface area contributed by atoms with Gasteiger partial charge < -0.3 is 29.5 Å². The van der Waals surface area contributed by atoms with Crippen LogP contribution in [0.5, 0.6) is 0 Å². The van der Waals surface area contributed by atoms with Gasteiger partial charge in [-0.15, -0.1) is 0 Å². The first-order valence-corrected chi connectivity index (χ1v) is 18.9. The molecule has 4 rings (SSSR count). The van der Waals surface area contributed by atoms with E-state index in [1.807, 2.05) is 0 Å². The Hall–Kier alpha value is -1.87. The normalized spacial score (nSPS) is 38.2. The summed E-state index contributed by atoms with van der Waals surface area (Å²) in [5.74, 6) is -0.249. The van der Waals surface area contributed by atoms with Crippen molar-refractivity contribution in [2.45, 2.75) is 169 Å².